The number of likely N-dealkylation sites (tertiary alicyclic amines) is 1. The van der Waals surface area contributed by atoms with Crippen molar-refractivity contribution in [2.24, 2.45) is 5.41 Å². The first-order valence-electron chi connectivity index (χ1n) is 4.49. The number of nitrogens with zero attached hydrogens (tertiary/aromatic N) is 1. The lowest BCUT2D eigenvalue weighted by atomic mass is 9.75. The Labute approximate surface area is 72.3 Å². The Kier molecular flexibility index (Phi) is 1.72. The normalized spacial score (nSPS) is 24.6. The summed E-state index contributed by atoms with van der Waals surface area (Å²) in [5.41, 5.74) is 0.449. The molecule has 1 spiro atoms. The van der Waals surface area contributed by atoms with Crippen molar-refractivity contribution in [1.82, 2.24) is 15.5 Å². The molecule has 0 saturated carbocycles. The zero-order valence-corrected chi connectivity index (χ0v) is 7.39. The van der Waals surface area contributed by atoms with E-state index in [1.165, 1.54) is 0 Å². The molecule has 2 aliphatic rings. The number of carbonyl (C=O) groups excluding carboxylic acids is 1. The summed E-state index contributed by atoms with van der Waals surface area (Å²) >= 11 is 0. The Bertz CT molecular complexity index is 192. The van der Waals surface area contributed by atoms with E-state index in [4.69, 9.17) is 0 Å². The lowest BCUT2D eigenvalue weighted by molar-refractivity contribution is -0.0109. The number of urea groups is 1. The summed E-state index contributed by atoms with van der Waals surface area (Å²) in [5.74, 6) is 0. The fraction of sp³-hybridized carbons (Fsp3) is 0.875. The molecule has 2 amide bonds. The van der Waals surface area contributed by atoms with Gasteiger partial charge in [0.15, 0.2) is 0 Å². The quantitative estimate of drug-likeness (QED) is 0.562. The van der Waals surface area contributed by atoms with E-state index in [0.717, 1.165) is 32.7 Å². The third-order valence-corrected chi connectivity index (χ3v) is 2.67. The van der Waals surface area contributed by atoms with Crippen LogP contribution in [0.5, 0.6) is 0 Å². The van der Waals surface area contributed by atoms with Crippen LogP contribution in [0, 0.1) is 5.41 Å². The maximum Gasteiger partial charge on any atom is 0.317 e. The minimum atomic E-state index is 0.0926. The van der Waals surface area contributed by atoms with E-state index in [9.17, 15) is 4.79 Å². The fourth-order valence-corrected chi connectivity index (χ4v) is 1.87. The molecule has 0 aromatic carbocycles. The molecule has 0 radical (unpaired) electrons. The second kappa shape index (κ2) is 2.62. The molecule has 0 unspecified atom stereocenters. The highest BCUT2D eigenvalue weighted by Crippen LogP contribution is 2.33. The highest BCUT2D eigenvalue weighted by molar-refractivity contribution is 5.75. The largest absolute Gasteiger partial charge is 0.338 e. The van der Waals surface area contributed by atoms with Gasteiger partial charge in [-0.25, -0.2) is 4.79 Å². The highest BCUT2D eigenvalue weighted by Gasteiger charge is 2.49. The van der Waals surface area contributed by atoms with E-state index in [-0.39, 0.29) is 6.03 Å². The summed E-state index contributed by atoms with van der Waals surface area (Å²) < 4.78 is 0. The molecule has 0 aromatic rings. The van der Waals surface area contributed by atoms with Crippen molar-refractivity contribution in [2.75, 3.05) is 32.7 Å². The smallest absolute Gasteiger partial charge is 0.317 e. The minimum absolute atomic E-state index is 0.0926. The first kappa shape index (κ1) is 7.86. The molecule has 0 atom stereocenters. The van der Waals surface area contributed by atoms with Crippen LogP contribution in [0.15, 0.2) is 0 Å². The summed E-state index contributed by atoms with van der Waals surface area (Å²) in [6.45, 7) is 6.71. The number of hydrogen-bond donors (Lipinski definition) is 2. The predicted octanol–water partition coefficient (Wildman–Crippen LogP) is -0.379. The van der Waals surface area contributed by atoms with Crippen molar-refractivity contribution < 1.29 is 4.79 Å². The van der Waals surface area contributed by atoms with Crippen LogP contribution < -0.4 is 10.6 Å². The third kappa shape index (κ3) is 1.06. The van der Waals surface area contributed by atoms with E-state index in [1.54, 1.807) is 0 Å². The van der Waals surface area contributed by atoms with Crippen molar-refractivity contribution in [3.05, 3.63) is 0 Å². The number of nitrogens with one attached hydrogen (secondary N) is 2. The summed E-state index contributed by atoms with van der Waals surface area (Å²) in [7, 11) is 0. The van der Waals surface area contributed by atoms with Crippen molar-refractivity contribution in [3.63, 3.8) is 0 Å². The van der Waals surface area contributed by atoms with Gasteiger partial charge in [0.05, 0.1) is 0 Å². The predicted molar refractivity (Wildman–Crippen MR) is 45.9 cm³/mol. The summed E-state index contributed by atoms with van der Waals surface area (Å²) in [6, 6.07) is 0.0926. The Balaban J connectivity index is 1.76. The van der Waals surface area contributed by atoms with Crippen LogP contribution in [-0.2, 0) is 0 Å². The first-order valence-corrected chi connectivity index (χ1v) is 4.49. The highest BCUT2D eigenvalue weighted by atomic mass is 16.2. The van der Waals surface area contributed by atoms with Gasteiger partial charge in [-0.15, -0.1) is 0 Å². The standard InChI is InChI=1S/C8H15N3O/c1-2-10-7(12)11-5-8(6-11)3-9-4-8/h9H,2-6H2,1H3,(H,10,12). The molecule has 0 aliphatic carbocycles. The fourth-order valence-electron chi connectivity index (χ4n) is 1.87. The van der Waals surface area contributed by atoms with Crippen LogP contribution in [-0.4, -0.2) is 43.7 Å². The summed E-state index contributed by atoms with van der Waals surface area (Å²) in [5, 5.41) is 6.04. The van der Waals surface area contributed by atoms with Gasteiger partial charge in [0, 0.05) is 38.1 Å². The van der Waals surface area contributed by atoms with Crippen LogP contribution in [0.3, 0.4) is 0 Å². The topological polar surface area (TPSA) is 44.4 Å². The Hall–Kier alpha value is -0.770. The number of carbonyl (C=O) groups is 1. The molecular formula is C8H15N3O. The van der Waals surface area contributed by atoms with Gasteiger partial charge in [-0.3, -0.25) is 0 Å². The minimum Gasteiger partial charge on any atom is -0.338 e. The van der Waals surface area contributed by atoms with Gasteiger partial charge in [0.25, 0.3) is 0 Å². The molecule has 0 bridgehead atoms. The third-order valence-electron chi connectivity index (χ3n) is 2.67. The van der Waals surface area contributed by atoms with Crippen LogP contribution in [0.1, 0.15) is 6.92 Å². The van der Waals surface area contributed by atoms with Gasteiger partial charge in [-0.2, -0.15) is 0 Å². The molecule has 4 heteroatoms. The van der Waals surface area contributed by atoms with E-state index in [2.05, 4.69) is 10.6 Å². The van der Waals surface area contributed by atoms with Crippen molar-refractivity contribution in [1.29, 1.82) is 0 Å². The summed E-state index contributed by atoms with van der Waals surface area (Å²) in [4.78, 5) is 13.1. The lowest BCUT2D eigenvalue weighted by Crippen LogP contribution is -2.72. The average molecular weight is 169 g/mol. The zero-order valence-electron chi connectivity index (χ0n) is 7.39. The molecule has 2 aliphatic heterocycles. The van der Waals surface area contributed by atoms with Crippen LogP contribution in [0.2, 0.25) is 0 Å². The van der Waals surface area contributed by atoms with Gasteiger partial charge in [-0.1, -0.05) is 0 Å². The molecule has 2 fully saturated rings. The molecule has 2 saturated heterocycles. The van der Waals surface area contributed by atoms with E-state index in [0.29, 0.717) is 5.41 Å². The molecule has 2 N–H and O–H groups in total. The maximum absolute atomic E-state index is 11.2. The van der Waals surface area contributed by atoms with Crippen molar-refractivity contribution in [3.8, 4) is 0 Å². The Morgan fingerprint density at radius 1 is 1.58 bits per heavy atom. The van der Waals surface area contributed by atoms with E-state index < -0.39 is 0 Å². The molecular weight excluding hydrogens is 154 g/mol. The molecule has 12 heavy (non-hydrogen) atoms. The van der Waals surface area contributed by atoms with Crippen molar-refractivity contribution in [2.45, 2.75) is 6.92 Å². The molecule has 2 heterocycles. The Morgan fingerprint density at radius 3 is 2.67 bits per heavy atom. The first-order chi connectivity index (χ1) is 5.76. The molecule has 0 aromatic heterocycles. The van der Waals surface area contributed by atoms with Crippen LogP contribution in [0.4, 0.5) is 4.79 Å². The van der Waals surface area contributed by atoms with Gasteiger partial charge in [-0.05, 0) is 6.92 Å². The van der Waals surface area contributed by atoms with Gasteiger partial charge in [0.1, 0.15) is 0 Å². The summed E-state index contributed by atoms with van der Waals surface area (Å²) in [6.07, 6.45) is 0. The molecule has 4 nitrogen and oxygen atoms in total. The zero-order chi connectivity index (χ0) is 8.60. The van der Waals surface area contributed by atoms with Crippen molar-refractivity contribution >= 4 is 6.03 Å². The lowest BCUT2D eigenvalue weighted by Gasteiger charge is -2.55. The second-order valence-electron chi connectivity index (χ2n) is 3.80. The average Bonchev–Trinajstić information content (AvgIpc) is 1.81. The Morgan fingerprint density at radius 2 is 2.25 bits per heavy atom. The number of rotatable bonds is 1. The van der Waals surface area contributed by atoms with E-state index in [1.807, 2.05) is 11.8 Å². The monoisotopic (exact) mass is 169 g/mol. The van der Waals surface area contributed by atoms with E-state index >= 15 is 0 Å². The maximum atomic E-state index is 11.2. The van der Waals surface area contributed by atoms with Gasteiger partial charge < -0.3 is 15.5 Å². The SMILES string of the molecule is CCNC(=O)N1CC2(CNC2)C1. The molecule has 68 valence electrons. The second-order valence-corrected chi connectivity index (χ2v) is 3.80. The van der Waals surface area contributed by atoms with Crippen LogP contribution >= 0.6 is 0 Å². The van der Waals surface area contributed by atoms with Gasteiger partial charge >= 0.3 is 6.03 Å². The number of hydrogen-bond acceptors (Lipinski definition) is 2. The van der Waals surface area contributed by atoms with Crippen LogP contribution in [0.25, 0.3) is 0 Å². The number of amides is 2. The van der Waals surface area contributed by atoms with Gasteiger partial charge in [0.2, 0.25) is 0 Å². The molecule has 2 rings (SSSR count).